The van der Waals surface area contributed by atoms with Crippen LogP contribution in [0.3, 0.4) is 0 Å². The molecule has 4 aliphatic carbocycles. The van der Waals surface area contributed by atoms with E-state index in [-0.39, 0.29) is 41.4 Å². The standard InChI is InChI=1S/C24H36O4/c1-14(7-10-21(27)28)16-8-9-17-22-18(13-20(26)24(16,17)3)23(2)11-5-4-6-15(23)12-19(22)25/h14-18,22H,4-13H2,1-3H3,(H,27,28)/t14-,15-,16+,17+,18+,22+,23-,24+/m0/s1. The van der Waals surface area contributed by atoms with E-state index in [1.165, 1.54) is 19.3 Å². The zero-order chi connectivity index (χ0) is 20.3. The minimum Gasteiger partial charge on any atom is -0.481 e. The van der Waals surface area contributed by atoms with Crippen LogP contribution in [0.1, 0.15) is 85.0 Å². The molecule has 0 unspecified atom stereocenters. The number of hydrogen-bond donors (Lipinski definition) is 1. The zero-order valence-corrected chi connectivity index (χ0v) is 17.7. The lowest BCUT2D eigenvalue weighted by Gasteiger charge is -2.59. The molecule has 4 nitrogen and oxygen atoms in total. The van der Waals surface area contributed by atoms with Crippen LogP contribution in [0, 0.1) is 46.3 Å². The summed E-state index contributed by atoms with van der Waals surface area (Å²) in [4.78, 5) is 38.0. The number of hydrogen-bond acceptors (Lipinski definition) is 3. The fraction of sp³-hybridized carbons (Fsp3) is 0.875. The molecule has 4 rings (SSSR count). The molecular formula is C24H36O4. The van der Waals surface area contributed by atoms with E-state index in [0.29, 0.717) is 30.3 Å². The van der Waals surface area contributed by atoms with Crippen LogP contribution in [0.4, 0.5) is 0 Å². The van der Waals surface area contributed by atoms with Crippen molar-refractivity contribution in [3.05, 3.63) is 0 Å². The third kappa shape index (κ3) is 2.81. The average Bonchev–Trinajstić information content (AvgIpc) is 3.00. The molecule has 0 aliphatic heterocycles. The van der Waals surface area contributed by atoms with Gasteiger partial charge < -0.3 is 5.11 Å². The molecule has 0 amide bonds. The van der Waals surface area contributed by atoms with E-state index in [9.17, 15) is 14.4 Å². The molecule has 0 aromatic heterocycles. The molecule has 0 bridgehead atoms. The van der Waals surface area contributed by atoms with Gasteiger partial charge in [-0.3, -0.25) is 14.4 Å². The Morgan fingerprint density at radius 1 is 1.11 bits per heavy atom. The first-order valence-corrected chi connectivity index (χ1v) is 11.5. The maximum Gasteiger partial charge on any atom is 0.303 e. The van der Waals surface area contributed by atoms with Gasteiger partial charge in [-0.05, 0) is 67.1 Å². The Bertz CT molecular complexity index is 684. The van der Waals surface area contributed by atoms with Gasteiger partial charge in [-0.15, -0.1) is 0 Å². The molecule has 0 saturated heterocycles. The first-order valence-electron chi connectivity index (χ1n) is 11.5. The quantitative estimate of drug-likeness (QED) is 0.744. The molecule has 4 saturated carbocycles. The van der Waals surface area contributed by atoms with Crippen LogP contribution in [-0.4, -0.2) is 22.6 Å². The summed E-state index contributed by atoms with van der Waals surface area (Å²) in [6.45, 7) is 6.61. The maximum atomic E-state index is 13.6. The molecule has 156 valence electrons. The van der Waals surface area contributed by atoms with Gasteiger partial charge >= 0.3 is 5.97 Å². The van der Waals surface area contributed by atoms with Gasteiger partial charge in [0, 0.05) is 30.6 Å². The summed E-state index contributed by atoms with van der Waals surface area (Å²) in [5.41, 5.74) is -0.284. The summed E-state index contributed by atoms with van der Waals surface area (Å²) in [5, 5.41) is 9.07. The third-order valence-electron chi connectivity index (χ3n) is 9.82. The van der Waals surface area contributed by atoms with Crippen molar-refractivity contribution in [2.24, 2.45) is 46.3 Å². The molecule has 4 fully saturated rings. The second kappa shape index (κ2) is 6.95. The smallest absolute Gasteiger partial charge is 0.303 e. The Morgan fingerprint density at radius 2 is 1.86 bits per heavy atom. The van der Waals surface area contributed by atoms with Gasteiger partial charge in [0.15, 0.2) is 0 Å². The van der Waals surface area contributed by atoms with Crippen LogP contribution in [0.5, 0.6) is 0 Å². The average molecular weight is 389 g/mol. The van der Waals surface area contributed by atoms with Gasteiger partial charge in [0.1, 0.15) is 11.6 Å². The summed E-state index contributed by atoms with van der Waals surface area (Å²) in [7, 11) is 0. The Morgan fingerprint density at radius 3 is 2.57 bits per heavy atom. The van der Waals surface area contributed by atoms with Crippen molar-refractivity contribution in [3.8, 4) is 0 Å². The second-order valence-corrected chi connectivity index (χ2v) is 10.9. The topological polar surface area (TPSA) is 71.4 Å². The number of carboxylic acids is 1. The predicted octanol–water partition coefficient (Wildman–Crippen LogP) is 4.89. The summed E-state index contributed by atoms with van der Waals surface area (Å²) in [6.07, 6.45) is 8.77. The van der Waals surface area contributed by atoms with Gasteiger partial charge in [-0.2, -0.15) is 0 Å². The lowest BCUT2D eigenvalue weighted by Crippen LogP contribution is -2.59. The Kier molecular flexibility index (Phi) is 4.99. The minimum atomic E-state index is -0.764. The summed E-state index contributed by atoms with van der Waals surface area (Å²) in [6, 6.07) is 0. The van der Waals surface area contributed by atoms with Crippen LogP contribution < -0.4 is 0 Å². The number of carbonyl (C=O) groups is 3. The van der Waals surface area contributed by atoms with Crippen molar-refractivity contribution in [2.75, 3.05) is 0 Å². The number of aliphatic carboxylic acids is 1. The molecule has 0 radical (unpaired) electrons. The largest absolute Gasteiger partial charge is 0.481 e. The van der Waals surface area contributed by atoms with Crippen molar-refractivity contribution < 1.29 is 19.5 Å². The van der Waals surface area contributed by atoms with Gasteiger partial charge in [0.2, 0.25) is 0 Å². The lowest BCUT2D eigenvalue weighted by molar-refractivity contribution is -0.165. The fourth-order valence-electron chi connectivity index (χ4n) is 8.18. The summed E-state index contributed by atoms with van der Waals surface area (Å²) >= 11 is 0. The molecule has 8 atom stereocenters. The highest BCUT2D eigenvalue weighted by atomic mass is 16.4. The lowest BCUT2D eigenvalue weighted by atomic mass is 9.44. The second-order valence-electron chi connectivity index (χ2n) is 10.9. The van der Waals surface area contributed by atoms with E-state index in [0.717, 1.165) is 25.7 Å². The van der Waals surface area contributed by atoms with Crippen LogP contribution in [0.15, 0.2) is 0 Å². The Hall–Kier alpha value is -1.19. The van der Waals surface area contributed by atoms with E-state index in [1.54, 1.807) is 0 Å². The highest BCUT2D eigenvalue weighted by molar-refractivity contribution is 5.92. The molecule has 0 heterocycles. The van der Waals surface area contributed by atoms with Crippen LogP contribution in [-0.2, 0) is 14.4 Å². The Balaban J connectivity index is 1.63. The minimum absolute atomic E-state index is 0.0544. The van der Waals surface area contributed by atoms with Gasteiger partial charge in [0.05, 0.1) is 0 Å². The van der Waals surface area contributed by atoms with E-state index >= 15 is 0 Å². The summed E-state index contributed by atoms with van der Waals surface area (Å²) < 4.78 is 0. The van der Waals surface area contributed by atoms with Crippen molar-refractivity contribution in [1.82, 2.24) is 0 Å². The van der Waals surface area contributed by atoms with Crippen LogP contribution >= 0.6 is 0 Å². The highest BCUT2D eigenvalue weighted by Gasteiger charge is 2.65. The fourth-order valence-corrected chi connectivity index (χ4v) is 8.18. The van der Waals surface area contributed by atoms with Gasteiger partial charge in [0.25, 0.3) is 0 Å². The number of carboxylic acid groups (broad SMARTS) is 1. The SMILES string of the molecule is C[C@@H](CCC(=O)O)[C@H]1CC[C@@H]2[C@H]3C(=O)C[C@@H]4CCCC[C@]4(C)[C@@H]3CC(=O)[C@@]21C. The van der Waals surface area contributed by atoms with Gasteiger partial charge in [-0.1, -0.05) is 33.6 Å². The number of ketones is 2. The van der Waals surface area contributed by atoms with Crippen molar-refractivity contribution in [2.45, 2.75) is 85.0 Å². The first kappa shape index (κ1) is 20.1. The molecule has 0 aromatic rings. The van der Waals surface area contributed by atoms with E-state index in [4.69, 9.17) is 5.11 Å². The Labute approximate surface area is 168 Å². The maximum absolute atomic E-state index is 13.6. The van der Waals surface area contributed by atoms with Crippen LogP contribution in [0.25, 0.3) is 0 Å². The molecule has 1 N–H and O–H groups in total. The third-order valence-corrected chi connectivity index (χ3v) is 9.82. The predicted molar refractivity (Wildman–Crippen MR) is 107 cm³/mol. The number of Topliss-reactive ketones (excluding diaryl/α,β-unsaturated/α-hetero) is 2. The molecule has 0 spiro atoms. The monoisotopic (exact) mass is 388 g/mol. The van der Waals surface area contributed by atoms with Gasteiger partial charge in [-0.25, -0.2) is 0 Å². The molecular weight excluding hydrogens is 352 g/mol. The molecule has 4 aliphatic rings. The number of rotatable bonds is 4. The normalized spacial score (nSPS) is 46.5. The van der Waals surface area contributed by atoms with Crippen molar-refractivity contribution >= 4 is 17.5 Å². The van der Waals surface area contributed by atoms with E-state index < -0.39 is 11.4 Å². The first-order chi connectivity index (χ1) is 13.2. The number of fused-ring (bicyclic) bond motifs is 5. The molecule has 0 aromatic carbocycles. The highest BCUT2D eigenvalue weighted by Crippen LogP contribution is 2.66. The van der Waals surface area contributed by atoms with E-state index in [2.05, 4.69) is 20.8 Å². The zero-order valence-electron chi connectivity index (χ0n) is 17.7. The summed E-state index contributed by atoms with van der Waals surface area (Å²) in [5.74, 6) is 1.39. The van der Waals surface area contributed by atoms with Crippen molar-refractivity contribution in [3.63, 3.8) is 0 Å². The number of carbonyl (C=O) groups excluding carboxylic acids is 2. The van der Waals surface area contributed by atoms with Crippen molar-refractivity contribution in [1.29, 1.82) is 0 Å². The molecule has 4 heteroatoms. The molecule has 28 heavy (non-hydrogen) atoms. The van der Waals surface area contributed by atoms with Crippen LogP contribution in [0.2, 0.25) is 0 Å². The van der Waals surface area contributed by atoms with E-state index in [1.807, 2.05) is 0 Å².